The van der Waals surface area contributed by atoms with E-state index in [0.717, 1.165) is 0 Å². The minimum atomic E-state index is -1.50. The molecular formula is C7H11NO9. The van der Waals surface area contributed by atoms with Gasteiger partial charge in [0, 0.05) is 0 Å². The fraction of sp³-hybridized carbons (Fsp3) is 0.571. The van der Waals surface area contributed by atoms with Gasteiger partial charge in [0.25, 0.3) is 5.09 Å². The Morgan fingerprint density at radius 2 is 1.53 bits per heavy atom. The van der Waals surface area contributed by atoms with Crippen LogP contribution in [0.5, 0.6) is 0 Å². The lowest BCUT2D eigenvalue weighted by Crippen LogP contribution is -2.29. The molecule has 0 aliphatic rings. The van der Waals surface area contributed by atoms with Crippen molar-refractivity contribution in [1.82, 2.24) is 0 Å². The molecule has 0 aromatic rings. The molecule has 2 atom stereocenters. The maximum absolute atomic E-state index is 10.5. The van der Waals surface area contributed by atoms with Crippen LogP contribution in [0.25, 0.3) is 0 Å². The molecule has 0 saturated carbocycles. The molecule has 0 spiro atoms. The van der Waals surface area contributed by atoms with Crippen LogP contribution in [0.2, 0.25) is 0 Å². The quantitative estimate of drug-likeness (QED) is 0.372. The predicted octanol–water partition coefficient (Wildman–Crippen LogP) is -0.465. The average Bonchev–Trinajstić information content (AvgIpc) is 2.11. The summed E-state index contributed by atoms with van der Waals surface area (Å²) < 4.78 is 0. The fourth-order valence-corrected chi connectivity index (χ4v) is 0.838. The van der Waals surface area contributed by atoms with Crippen LogP contribution >= 0.6 is 0 Å². The number of nitrogens with zero attached hydrogens (tertiary/aromatic N) is 1. The third-order valence-electron chi connectivity index (χ3n) is 1.70. The zero-order valence-electron chi connectivity index (χ0n) is 8.64. The molecule has 10 heteroatoms. The molecule has 0 bridgehead atoms. The number of hydrogen-bond acceptors (Lipinski definition) is 5. The van der Waals surface area contributed by atoms with Gasteiger partial charge in [0.05, 0.1) is 18.3 Å². The number of carboxylic acid groups (broad SMARTS) is 3. The van der Waals surface area contributed by atoms with Crippen molar-refractivity contribution in [3.63, 3.8) is 0 Å². The van der Waals surface area contributed by atoms with Crippen LogP contribution in [0, 0.1) is 22.0 Å². The zero-order valence-corrected chi connectivity index (χ0v) is 8.64. The van der Waals surface area contributed by atoms with Crippen LogP contribution in [0.3, 0.4) is 0 Å². The van der Waals surface area contributed by atoms with Crippen molar-refractivity contribution in [3.8, 4) is 0 Å². The highest BCUT2D eigenvalue weighted by molar-refractivity contribution is 5.83. The van der Waals surface area contributed by atoms with Crippen molar-refractivity contribution >= 4 is 17.9 Å². The molecule has 0 aliphatic carbocycles. The molecule has 0 aliphatic heterocycles. The minimum absolute atomic E-state index is 0.678. The first-order valence-electron chi connectivity index (χ1n) is 4.10. The van der Waals surface area contributed by atoms with Gasteiger partial charge in [-0.05, 0) is 0 Å². The van der Waals surface area contributed by atoms with Gasteiger partial charge < -0.3 is 20.5 Å². The number of aliphatic carboxylic acids is 3. The third kappa shape index (κ3) is 9.90. The van der Waals surface area contributed by atoms with Gasteiger partial charge in [-0.25, -0.2) is 0 Å². The molecule has 0 fully saturated rings. The first kappa shape index (κ1) is 17.0. The van der Waals surface area contributed by atoms with E-state index in [2.05, 4.69) is 0 Å². The van der Waals surface area contributed by atoms with Gasteiger partial charge in [-0.2, -0.15) is 0 Å². The molecule has 4 N–H and O–H groups in total. The molecule has 2 unspecified atom stereocenters. The van der Waals surface area contributed by atoms with Crippen molar-refractivity contribution in [3.05, 3.63) is 10.1 Å². The van der Waals surface area contributed by atoms with E-state index < -0.39 is 41.3 Å². The molecule has 98 valence electrons. The first-order chi connectivity index (χ1) is 7.59. The summed E-state index contributed by atoms with van der Waals surface area (Å²) >= 11 is 0. The SMILES string of the molecule is CC(C(=O)O)C(CC(=O)O)C(=O)O.O=[N+]([O-])O. The van der Waals surface area contributed by atoms with Gasteiger partial charge in [-0.15, -0.1) is 10.1 Å². The highest BCUT2D eigenvalue weighted by atomic mass is 16.9. The molecule has 0 amide bonds. The second kappa shape index (κ2) is 7.84. The fourth-order valence-electron chi connectivity index (χ4n) is 0.838. The molecular weight excluding hydrogens is 242 g/mol. The lowest BCUT2D eigenvalue weighted by Gasteiger charge is -2.13. The van der Waals surface area contributed by atoms with Crippen molar-refractivity contribution < 1.29 is 40.0 Å². The summed E-state index contributed by atoms with van der Waals surface area (Å²) in [5, 5.41) is 38.9. The van der Waals surface area contributed by atoms with Gasteiger partial charge in [0.15, 0.2) is 0 Å². The Labute approximate surface area is 94.2 Å². The van der Waals surface area contributed by atoms with Gasteiger partial charge in [-0.3, -0.25) is 14.4 Å². The largest absolute Gasteiger partial charge is 0.481 e. The Hall–Kier alpha value is -2.39. The van der Waals surface area contributed by atoms with Crippen LogP contribution in [0.4, 0.5) is 0 Å². The zero-order chi connectivity index (χ0) is 14.2. The van der Waals surface area contributed by atoms with E-state index in [4.69, 9.17) is 30.6 Å². The van der Waals surface area contributed by atoms with E-state index in [9.17, 15) is 14.4 Å². The van der Waals surface area contributed by atoms with Gasteiger partial charge in [0.2, 0.25) is 0 Å². The molecule has 0 aromatic heterocycles. The van der Waals surface area contributed by atoms with Gasteiger partial charge >= 0.3 is 17.9 Å². The Kier molecular flexibility index (Phi) is 7.85. The third-order valence-corrected chi connectivity index (χ3v) is 1.70. The Morgan fingerprint density at radius 1 is 1.18 bits per heavy atom. The van der Waals surface area contributed by atoms with Crippen LogP contribution < -0.4 is 0 Å². The Balaban J connectivity index is 0. The molecule has 0 saturated heterocycles. The molecule has 0 heterocycles. The Bertz CT molecular complexity index is 308. The van der Waals surface area contributed by atoms with Crippen LogP contribution in [-0.4, -0.2) is 43.5 Å². The first-order valence-corrected chi connectivity index (χ1v) is 4.10. The standard InChI is InChI=1S/C7H10O6.HNO3/c1-3(6(10)11)4(7(12)13)2-5(8)9;2-1(3)4/h3-4H,2H2,1H3,(H,8,9)(H,10,11)(H,12,13);(H,2,3,4). The molecule has 0 aromatic carbocycles. The van der Waals surface area contributed by atoms with E-state index in [1.54, 1.807) is 0 Å². The van der Waals surface area contributed by atoms with Crippen LogP contribution in [-0.2, 0) is 14.4 Å². The smallest absolute Gasteiger partial charge is 0.307 e. The highest BCUT2D eigenvalue weighted by Gasteiger charge is 2.31. The summed E-state index contributed by atoms with van der Waals surface area (Å²) in [6, 6.07) is 0. The van der Waals surface area contributed by atoms with E-state index in [1.807, 2.05) is 0 Å². The van der Waals surface area contributed by atoms with Crippen molar-refractivity contribution in [2.75, 3.05) is 0 Å². The van der Waals surface area contributed by atoms with Crippen LogP contribution in [0.15, 0.2) is 0 Å². The number of carbonyl (C=O) groups is 3. The van der Waals surface area contributed by atoms with E-state index in [0.29, 0.717) is 0 Å². The lowest BCUT2D eigenvalue weighted by atomic mass is 9.91. The van der Waals surface area contributed by atoms with Crippen LogP contribution in [0.1, 0.15) is 13.3 Å². The molecule has 0 radical (unpaired) electrons. The number of hydrogen-bond donors (Lipinski definition) is 4. The molecule has 0 rings (SSSR count). The number of rotatable bonds is 5. The molecule has 17 heavy (non-hydrogen) atoms. The highest BCUT2D eigenvalue weighted by Crippen LogP contribution is 2.16. The Morgan fingerprint density at radius 3 is 1.71 bits per heavy atom. The topological polar surface area (TPSA) is 175 Å². The maximum Gasteiger partial charge on any atom is 0.307 e. The van der Waals surface area contributed by atoms with E-state index >= 15 is 0 Å². The summed E-state index contributed by atoms with van der Waals surface area (Å²) in [5.74, 6) is -6.62. The van der Waals surface area contributed by atoms with E-state index in [-0.39, 0.29) is 0 Å². The summed E-state index contributed by atoms with van der Waals surface area (Å²) in [4.78, 5) is 39.4. The summed E-state index contributed by atoms with van der Waals surface area (Å²) in [6.45, 7) is 1.17. The normalized spacial score (nSPS) is 12.5. The van der Waals surface area contributed by atoms with Crippen molar-refractivity contribution in [2.45, 2.75) is 13.3 Å². The van der Waals surface area contributed by atoms with E-state index in [1.165, 1.54) is 6.92 Å². The minimum Gasteiger partial charge on any atom is -0.481 e. The molecule has 10 nitrogen and oxygen atoms in total. The van der Waals surface area contributed by atoms with Gasteiger partial charge in [0.1, 0.15) is 0 Å². The summed E-state index contributed by atoms with van der Waals surface area (Å²) in [7, 11) is 0. The average molecular weight is 253 g/mol. The predicted molar refractivity (Wildman–Crippen MR) is 49.0 cm³/mol. The number of carboxylic acids is 3. The van der Waals surface area contributed by atoms with Crippen molar-refractivity contribution in [1.29, 1.82) is 0 Å². The van der Waals surface area contributed by atoms with Gasteiger partial charge in [-0.1, -0.05) is 6.92 Å². The summed E-state index contributed by atoms with van der Waals surface area (Å²) in [5.41, 5.74) is 0. The second-order valence-corrected chi connectivity index (χ2v) is 2.91. The van der Waals surface area contributed by atoms with Crippen molar-refractivity contribution in [2.24, 2.45) is 11.8 Å². The second-order valence-electron chi connectivity index (χ2n) is 2.91. The monoisotopic (exact) mass is 253 g/mol. The summed E-state index contributed by atoms with van der Waals surface area (Å²) in [6.07, 6.45) is -0.678. The maximum atomic E-state index is 10.5. The lowest BCUT2D eigenvalue weighted by molar-refractivity contribution is -0.742.